The SMILES string of the molecule is CCCCOC(=O)C(NC(=O)OC(C)(C)C)c1cn(Cc2cc(B3OC(C)(C)C(C)(C)O3)ccc2N(CCCl)CCCl)c2ccccc12. The molecule has 0 saturated carbocycles. The maximum Gasteiger partial charge on any atom is 0.494 e. The van der Waals surface area contributed by atoms with Crippen LogP contribution in [0, 0.1) is 0 Å². The van der Waals surface area contributed by atoms with Gasteiger partial charge in [-0.1, -0.05) is 43.7 Å². The number of hydrogen-bond donors (Lipinski definition) is 1. The minimum Gasteiger partial charge on any atom is -0.464 e. The summed E-state index contributed by atoms with van der Waals surface area (Å²) in [4.78, 5) is 28.7. The van der Waals surface area contributed by atoms with E-state index in [1.165, 1.54) is 0 Å². The summed E-state index contributed by atoms with van der Waals surface area (Å²) in [6.07, 6.45) is 2.79. The molecule has 4 rings (SSSR count). The molecule has 1 saturated heterocycles. The number of esters is 1. The normalized spacial score (nSPS) is 16.2. The molecule has 262 valence electrons. The molecule has 1 fully saturated rings. The highest BCUT2D eigenvalue weighted by molar-refractivity contribution is 6.62. The van der Waals surface area contributed by atoms with Gasteiger partial charge in [0.2, 0.25) is 0 Å². The lowest BCUT2D eigenvalue weighted by molar-refractivity contribution is -0.146. The van der Waals surface area contributed by atoms with Crippen LogP contribution in [0.25, 0.3) is 10.9 Å². The zero-order valence-electron chi connectivity index (χ0n) is 29.5. The molecule has 1 amide bonds. The third-order valence-corrected chi connectivity index (χ3v) is 9.13. The number of hydrogen-bond acceptors (Lipinski definition) is 7. The van der Waals surface area contributed by atoms with Crippen molar-refractivity contribution in [3.63, 3.8) is 0 Å². The monoisotopic (exact) mass is 701 g/mol. The Morgan fingerprint density at radius 3 is 2.27 bits per heavy atom. The largest absolute Gasteiger partial charge is 0.494 e. The van der Waals surface area contributed by atoms with E-state index in [9.17, 15) is 9.59 Å². The number of carbonyl (C=O) groups is 2. The molecule has 3 aromatic rings. The Kier molecular flexibility index (Phi) is 12.4. The molecule has 2 aromatic carbocycles. The Labute approximate surface area is 295 Å². The number of ether oxygens (including phenoxy) is 2. The van der Waals surface area contributed by atoms with E-state index in [0.717, 1.165) is 40.5 Å². The second-order valence-corrected chi connectivity index (χ2v) is 14.9. The fraction of sp³-hybridized carbons (Fsp3) is 0.556. The average Bonchev–Trinajstić information content (AvgIpc) is 3.47. The quantitative estimate of drug-likeness (QED) is 0.0824. The van der Waals surface area contributed by atoms with Gasteiger partial charge < -0.3 is 33.6 Å². The summed E-state index contributed by atoms with van der Waals surface area (Å²) in [7, 11) is -0.547. The predicted molar refractivity (Wildman–Crippen MR) is 195 cm³/mol. The van der Waals surface area contributed by atoms with Crippen molar-refractivity contribution in [2.75, 3.05) is 36.4 Å². The fourth-order valence-electron chi connectivity index (χ4n) is 5.63. The number of nitrogens with zero attached hydrogens (tertiary/aromatic N) is 2. The minimum absolute atomic E-state index is 0.256. The maximum absolute atomic E-state index is 13.6. The van der Waals surface area contributed by atoms with Gasteiger partial charge in [-0.05, 0) is 78.0 Å². The van der Waals surface area contributed by atoms with Crippen LogP contribution in [0.2, 0.25) is 0 Å². The molecule has 0 radical (unpaired) electrons. The van der Waals surface area contributed by atoms with Gasteiger partial charge >= 0.3 is 19.2 Å². The molecule has 12 heteroatoms. The highest BCUT2D eigenvalue weighted by Gasteiger charge is 2.51. The molecule has 1 aliphatic heterocycles. The zero-order valence-corrected chi connectivity index (χ0v) is 31.0. The number of amides is 1. The summed E-state index contributed by atoms with van der Waals surface area (Å²) in [5.41, 5.74) is 2.64. The van der Waals surface area contributed by atoms with Gasteiger partial charge in [-0.2, -0.15) is 0 Å². The number of fused-ring (bicyclic) bond motifs is 1. The number of benzene rings is 2. The Morgan fingerprint density at radius 2 is 1.67 bits per heavy atom. The molecule has 48 heavy (non-hydrogen) atoms. The fourth-order valence-corrected chi connectivity index (χ4v) is 6.04. The van der Waals surface area contributed by atoms with Crippen molar-refractivity contribution in [3.8, 4) is 0 Å². The summed E-state index contributed by atoms with van der Waals surface area (Å²) in [5, 5.41) is 3.60. The Bertz CT molecular complexity index is 1550. The van der Waals surface area contributed by atoms with E-state index in [4.69, 9.17) is 42.0 Å². The zero-order chi connectivity index (χ0) is 35.3. The van der Waals surface area contributed by atoms with E-state index in [1.54, 1.807) is 20.8 Å². The van der Waals surface area contributed by atoms with Crippen molar-refractivity contribution < 1.29 is 28.4 Å². The molecule has 0 spiro atoms. The Morgan fingerprint density at radius 1 is 1.02 bits per heavy atom. The van der Waals surface area contributed by atoms with E-state index >= 15 is 0 Å². The molecule has 1 unspecified atom stereocenters. The smallest absolute Gasteiger partial charge is 0.464 e. The van der Waals surface area contributed by atoms with Crippen LogP contribution in [-0.2, 0) is 30.1 Å². The number of unbranched alkanes of at least 4 members (excludes halogenated alkanes) is 1. The maximum atomic E-state index is 13.6. The standard InChI is InChI=1S/C36H50BCl2N3O6/c1-9-10-21-45-32(43)31(40-33(44)46-34(2,3)4)28-24-42(30-14-12-11-13-27(28)30)23-25-22-26(37-47-35(5,6)36(7,8)48-37)15-16-29(25)41(19-17-38)20-18-39/h11-16,22,24,31H,9-10,17-21,23H2,1-8H3,(H,40,44). The molecular formula is C36H50BCl2N3O6. The number of nitrogens with one attached hydrogen (secondary N) is 1. The molecule has 1 aliphatic rings. The lowest BCUT2D eigenvalue weighted by Crippen LogP contribution is -2.41. The number of aromatic nitrogens is 1. The van der Waals surface area contributed by atoms with Gasteiger partial charge in [-0.15, -0.1) is 23.2 Å². The van der Waals surface area contributed by atoms with Gasteiger partial charge in [0.05, 0.1) is 17.8 Å². The molecular weight excluding hydrogens is 652 g/mol. The van der Waals surface area contributed by atoms with Crippen LogP contribution < -0.4 is 15.7 Å². The summed E-state index contributed by atoms with van der Waals surface area (Å²) >= 11 is 12.5. The van der Waals surface area contributed by atoms with Gasteiger partial charge in [0.15, 0.2) is 6.04 Å². The highest BCUT2D eigenvalue weighted by atomic mass is 35.5. The molecule has 0 aliphatic carbocycles. The van der Waals surface area contributed by atoms with Crippen molar-refractivity contribution in [1.82, 2.24) is 9.88 Å². The van der Waals surface area contributed by atoms with Crippen LogP contribution in [-0.4, -0.2) is 72.0 Å². The molecule has 1 aromatic heterocycles. The van der Waals surface area contributed by atoms with Gasteiger partial charge in [-0.25, -0.2) is 9.59 Å². The summed E-state index contributed by atoms with van der Waals surface area (Å²) < 4.78 is 26.1. The predicted octanol–water partition coefficient (Wildman–Crippen LogP) is 7.18. The molecule has 0 bridgehead atoms. The summed E-state index contributed by atoms with van der Waals surface area (Å²) in [6.45, 7) is 17.4. The molecule has 1 atom stereocenters. The first-order chi connectivity index (χ1) is 22.6. The van der Waals surface area contributed by atoms with Crippen molar-refractivity contribution in [2.24, 2.45) is 0 Å². The van der Waals surface area contributed by atoms with Crippen molar-refractivity contribution in [2.45, 2.75) is 97.6 Å². The van der Waals surface area contributed by atoms with Crippen molar-refractivity contribution in [3.05, 3.63) is 59.8 Å². The van der Waals surface area contributed by atoms with Gasteiger partial charge in [0, 0.05) is 59.7 Å². The average molecular weight is 703 g/mol. The topological polar surface area (TPSA) is 91.3 Å². The number of anilines is 1. The number of para-hydroxylation sites is 1. The number of halogens is 2. The van der Waals surface area contributed by atoms with E-state index in [2.05, 4.69) is 26.9 Å². The Hall–Kier alpha value is -2.92. The van der Waals surface area contributed by atoms with Gasteiger partial charge in [-0.3, -0.25) is 0 Å². The second-order valence-electron chi connectivity index (χ2n) is 14.2. The summed E-state index contributed by atoms with van der Waals surface area (Å²) in [6, 6.07) is 12.9. The second kappa shape index (κ2) is 15.7. The third-order valence-electron chi connectivity index (χ3n) is 8.79. The van der Waals surface area contributed by atoms with Gasteiger partial charge in [0.25, 0.3) is 0 Å². The van der Waals surface area contributed by atoms with Crippen LogP contribution >= 0.6 is 23.2 Å². The van der Waals surface area contributed by atoms with Crippen LogP contribution in [0.3, 0.4) is 0 Å². The van der Waals surface area contributed by atoms with E-state index in [-0.39, 0.29) is 6.61 Å². The first kappa shape index (κ1) is 37.9. The lowest BCUT2D eigenvalue weighted by Gasteiger charge is -2.32. The molecule has 2 heterocycles. The van der Waals surface area contributed by atoms with Crippen LogP contribution in [0.1, 0.15) is 85.4 Å². The summed E-state index contributed by atoms with van der Waals surface area (Å²) in [5.74, 6) is 0.324. The highest BCUT2D eigenvalue weighted by Crippen LogP contribution is 2.37. The Balaban J connectivity index is 1.81. The van der Waals surface area contributed by atoms with Crippen molar-refractivity contribution in [1.29, 1.82) is 0 Å². The number of carbonyl (C=O) groups excluding carboxylic acids is 2. The first-order valence-corrected chi connectivity index (χ1v) is 17.8. The van der Waals surface area contributed by atoms with Crippen LogP contribution in [0.15, 0.2) is 48.7 Å². The lowest BCUT2D eigenvalue weighted by atomic mass is 9.78. The van der Waals surface area contributed by atoms with Crippen molar-refractivity contribution >= 4 is 64.4 Å². The number of alkyl carbamates (subject to hydrolysis) is 1. The minimum atomic E-state index is -1.08. The molecule has 9 nitrogen and oxygen atoms in total. The third kappa shape index (κ3) is 9.00. The number of rotatable bonds is 14. The molecule has 1 N–H and O–H groups in total. The number of alkyl halides is 2. The first-order valence-electron chi connectivity index (χ1n) is 16.7. The van der Waals surface area contributed by atoms with E-state index in [1.807, 2.05) is 71.1 Å². The van der Waals surface area contributed by atoms with Crippen LogP contribution in [0.4, 0.5) is 10.5 Å². The van der Waals surface area contributed by atoms with E-state index in [0.29, 0.717) is 37.0 Å². The van der Waals surface area contributed by atoms with Crippen LogP contribution in [0.5, 0.6) is 0 Å². The van der Waals surface area contributed by atoms with Gasteiger partial charge in [0.1, 0.15) is 5.60 Å². The van der Waals surface area contributed by atoms with E-state index < -0.39 is 42.0 Å².